The van der Waals surface area contributed by atoms with E-state index in [1.807, 2.05) is 0 Å². The van der Waals surface area contributed by atoms with Crippen LogP contribution in [0.3, 0.4) is 0 Å². The van der Waals surface area contributed by atoms with Gasteiger partial charge in [-0.15, -0.1) is 0 Å². The van der Waals surface area contributed by atoms with Crippen molar-refractivity contribution in [3.05, 3.63) is 0 Å². The fourth-order valence-corrected chi connectivity index (χ4v) is 0. The van der Waals surface area contributed by atoms with Gasteiger partial charge in [-0.2, -0.15) is 0 Å². The zero-order valence-corrected chi connectivity index (χ0v) is 10.1. The molecule has 0 amide bonds. The van der Waals surface area contributed by atoms with Crippen LogP contribution in [0.5, 0.6) is 0 Å². The molecule has 0 aromatic carbocycles. The molecule has 9 nitrogen and oxygen atoms in total. The van der Waals surface area contributed by atoms with Crippen LogP contribution in [0.15, 0.2) is 0 Å². The van der Waals surface area contributed by atoms with Crippen LogP contribution in [0.25, 0.3) is 0 Å². The third-order valence-corrected chi connectivity index (χ3v) is 0. The van der Waals surface area contributed by atoms with Crippen molar-refractivity contribution in [2.75, 3.05) is 0 Å². The molecule has 13 heavy (non-hydrogen) atoms. The normalized spacial score (nSPS) is 0. The number of rotatable bonds is 0. The van der Waals surface area contributed by atoms with Crippen molar-refractivity contribution in [2.45, 2.75) is 0 Å². The molecular weight excluding hydrogens is 340 g/mol. The molecule has 0 saturated carbocycles. The van der Waals surface area contributed by atoms with Gasteiger partial charge in [0.25, 0.3) is 0 Å². The Bertz CT molecular complexity index is 19.6. The summed E-state index contributed by atoms with van der Waals surface area (Å²) in [4.78, 5) is 0. The summed E-state index contributed by atoms with van der Waals surface area (Å²) in [5.74, 6) is 0. The monoisotopic (exact) mass is 349 g/mol. The zero-order valence-electron chi connectivity index (χ0n) is 5.65. The first-order chi connectivity index (χ1) is 0. The maximum atomic E-state index is 0. The Kier molecular flexibility index (Phi) is 55600. The molecule has 0 atom stereocenters. The molecule has 0 aromatic heterocycles. The molecule has 0 aliphatic rings. The molecule has 0 fully saturated rings. The Hall–Kier alpha value is 1.70. The number of hydrogen-bond acceptors (Lipinski definition) is 9. The Morgan fingerprint density at radius 1 is 0.385 bits per heavy atom. The van der Waals surface area contributed by atoms with Crippen molar-refractivity contribution in [1.82, 2.24) is 0 Å². The standard InChI is InChI=1S/Al.Fe.Mn.Ni.9H2O/h;;;;9*1H2/q+3;3*+2;;;;;;;;;/p-9. The smallest absolute Gasteiger partial charge is 0.870 e. The van der Waals surface area contributed by atoms with Crippen molar-refractivity contribution < 1.29 is 99.9 Å². The average molecular weight is 350 g/mol. The fourth-order valence-electron chi connectivity index (χ4n) is 0. The van der Waals surface area contributed by atoms with Crippen LogP contribution in [0.4, 0.5) is 0 Å². The van der Waals surface area contributed by atoms with E-state index in [-0.39, 0.29) is 117 Å². The molecule has 91 valence electrons. The molecule has 0 heterocycles. The first-order valence-electron chi connectivity index (χ1n) is 0. The third-order valence-electron chi connectivity index (χ3n) is 0. The molecule has 0 aliphatic heterocycles. The van der Waals surface area contributed by atoms with Crippen LogP contribution in [-0.2, 0) is 50.6 Å². The fraction of sp³-hybridized carbons (Fsp3) is 0. The molecule has 0 rings (SSSR count). The molecule has 0 saturated heterocycles. The minimum absolute atomic E-state index is 0. The van der Waals surface area contributed by atoms with Gasteiger partial charge < -0.3 is 49.3 Å². The van der Waals surface area contributed by atoms with Crippen molar-refractivity contribution in [1.29, 1.82) is 0 Å². The average Bonchev–Trinajstić information content (AvgIpc) is 0. The van der Waals surface area contributed by atoms with E-state index in [0.717, 1.165) is 0 Å². The van der Waals surface area contributed by atoms with E-state index in [1.165, 1.54) is 0 Å². The Balaban J connectivity index is 0. The van der Waals surface area contributed by atoms with Gasteiger partial charge in [0, 0.05) is 0 Å². The first kappa shape index (κ1) is 950. The van der Waals surface area contributed by atoms with Crippen molar-refractivity contribution in [2.24, 2.45) is 0 Å². The van der Waals surface area contributed by atoms with Crippen LogP contribution in [0.1, 0.15) is 0 Å². The largest absolute Gasteiger partial charge is 3.00 e. The maximum absolute atomic E-state index is 0. The Morgan fingerprint density at radius 2 is 0.385 bits per heavy atom. The minimum atomic E-state index is 0. The molecule has 1 radical (unpaired) electrons. The topological polar surface area (TPSA) is 270 Å². The first-order valence-corrected chi connectivity index (χ1v) is 0. The zero-order chi connectivity index (χ0) is 0. The van der Waals surface area contributed by atoms with E-state index >= 15 is 0 Å². The van der Waals surface area contributed by atoms with E-state index in [2.05, 4.69) is 0 Å². The van der Waals surface area contributed by atoms with Crippen LogP contribution < -0.4 is 0 Å². The second-order valence-electron chi connectivity index (χ2n) is 0. The summed E-state index contributed by atoms with van der Waals surface area (Å²) in [6.45, 7) is 0. The molecule has 0 aromatic rings. The summed E-state index contributed by atoms with van der Waals surface area (Å²) in [6, 6.07) is 0. The predicted octanol–water partition coefficient (Wildman–Crippen LogP) is -1.98. The molecular formula is H9AlFeMnNiO9. The van der Waals surface area contributed by atoms with Crippen molar-refractivity contribution >= 4 is 17.4 Å². The molecule has 13 heteroatoms. The van der Waals surface area contributed by atoms with Gasteiger partial charge in [0.05, 0.1) is 0 Å². The van der Waals surface area contributed by atoms with Crippen LogP contribution >= 0.6 is 0 Å². The second kappa shape index (κ2) is 761. The van der Waals surface area contributed by atoms with Gasteiger partial charge in [0.1, 0.15) is 0 Å². The van der Waals surface area contributed by atoms with Gasteiger partial charge >= 0.3 is 68.0 Å². The second-order valence-corrected chi connectivity index (χ2v) is 0. The van der Waals surface area contributed by atoms with Gasteiger partial charge in [-0.3, -0.25) is 0 Å². The van der Waals surface area contributed by atoms with Crippen LogP contribution in [-0.4, -0.2) is 66.6 Å². The van der Waals surface area contributed by atoms with Crippen molar-refractivity contribution in [3.8, 4) is 0 Å². The molecule has 0 unspecified atom stereocenters. The van der Waals surface area contributed by atoms with E-state index < -0.39 is 0 Å². The van der Waals surface area contributed by atoms with Crippen molar-refractivity contribution in [3.63, 3.8) is 0 Å². The van der Waals surface area contributed by atoms with E-state index in [0.29, 0.717) is 0 Å². The van der Waals surface area contributed by atoms with Gasteiger partial charge in [0.2, 0.25) is 0 Å². The summed E-state index contributed by atoms with van der Waals surface area (Å²) in [6.07, 6.45) is 0. The molecule has 9 N–H and O–H groups in total. The minimum Gasteiger partial charge on any atom is -0.870 e. The Labute approximate surface area is 117 Å². The SMILES string of the molecule is [Al+3].[Fe+2].[Mn+2].[Ni+2].[OH-].[OH-].[OH-].[OH-].[OH-].[OH-].[OH-].[OH-].[OH-]. The van der Waals surface area contributed by atoms with Crippen LogP contribution in [0.2, 0.25) is 0 Å². The van der Waals surface area contributed by atoms with E-state index in [4.69, 9.17) is 0 Å². The number of hydrogen-bond donors (Lipinski definition) is 0. The summed E-state index contributed by atoms with van der Waals surface area (Å²) in [5, 5.41) is 0. The van der Waals surface area contributed by atoms with Gasteiger partial charge in [-0.05, 0) is 0 Å². The summed E-state index contributed by atoms with van der Waals surface area (Å²) < 4.78 is 0. The summed E-state index contributed by atoms with van der Waals surface area (Å²) >= 11 is 0. The van der Waals surface area contributed by atoms with Gasteiger partial charge in [-0.1, -0.05) is 0 Å². The summed E-state index contributed by atoms with van der Waals surface area (Å²) in [7, 11) is 0. The molecule has 0 aliphatic carbocycles. The maximum Gasteiger partial charge on any atom is 3.00 e. The van der Waals surface area contributed by atoms with E-state index in [9.17, 15) is 0 Å². The molecule has 0 bridgehead atoms. The van der Waals surface area contributed by atoms with Gasteiger partial charge in [-0.25, -0.2) is 0 Å². The Morgan fingerprint density at radius 3 is 0.385 bits per heavy atom. The van der Waals surface area contributed by atoms with E-state index in [1.54, 1.807) is 0 Å². The van der Waals surface area contributed by atoms with Gasteiger partial charge in [0.15, 0.2) is 0 Å². The molecule has 0 spiro atoms. The quantitative estimate of drug-likeness (QED) is 0.437. The predicted molar refractivity (Wildman–Crippen MR) is 23.2 cm³/mol. The summed E-state index contributed by atoms with van der Waals surface area (Å²) in [5.41, 5.74) is 0. The third kappa shape index (κ3) is 646. The van der Waals surface area contributed by atoms with Crippen LogP contribution in [0, 0.1) is 0 Å².